The van der Waals surface area contributed by atoms with Gasteiger partial charge in [-0.05, 0) is 25.7 Å². The average molecular weight is 228 g/mol. The Kier molecular flexibility index (Phi) is 9.06. The first-order valence-electron chi connectivity index (χ1n) is 6.82. The third-order valence-corrected chi connectivity index (χ3v) is 2.79. The Bertz CT molecular complexity index is 270. The standard InChI is InChI=1S/C17H24/c1-2-4-6-8-10-12-14-16-17-15-13-11-9-7-5-3-1/h1-10H,11-17H2. The van der Waals surface area contributed by atoms with Gasteiger partial charge in [0.1, 0.15) is 0 Å². The Morgan fingerprint density at radius 3 is 1.18 bits per heavy atom. The molecule has 0 saturated heterocycles. The number of hydrogen-bond donors (Lipinski definition) is 0. The van der Waals surface area contributed by atoms with E-state index in [4.69, 9.17) is 0 Å². The van der Waals surface area contributed by atoms with Crippen LogP contribution in [-0.4, -0.2) is 0 Å². The zero-order valence-electron chi connectivity index (χ0n) is 10.7. The molecular weight excluding hydrogens is 204 g/mol. The highest BCUT2D eigenvalue weighted by Gasteiger charge is 1.88. The van der Waals surface area contributed by atoms with Crippen molar-refractivity contribution in [2.75, 3.05) is 0 Å². The Morgan fingerprint density at radius 1 is 0.353 bits per heavy atom. The Balaban J connectivity index is 2.38. The van der Waals surface area contributed by atoms with Gasteiger partial charge in [-0.2, -0.15) is 0 Å². The second-order valence-electron chi connectivity index (χ2n) is 4.36. The van der Waals surface area contributed by atoms with Crippen LogP contribution in [0.15, 0.2) is 60.8 Å². The topological polar surface area (TPSA) is 0 Å². The number of allylic oxidation sites excluding steroid dienone is 10. The molecule has 0 aromatic rings. The second-order valence-corrected chi connectivity index (χ2v) is 4.36. The number of hydrogen-bond acceptors (Lipinski definition) is 0. The fourth-order valence-electron chi connectivity index (χ4n) is 1.79. The van der Waals surface area contributed by atoms with Gasteiger partial charge < -0.3 is 0 Å². The first kappa shape index (κ1) is 13.8. The third-order valence-electron chi connectivity index (χ3n) is 2.79. The molecule has 0 radical (unpaired) electrons. The summed E-state index contributed by atoms with van der Waals surface area (Å²) in [6.45, 7) is 0. The molecule has 1 aliphatic rings. The zero-order valence-corrected chi connectivity index (χ0v) is 10.7. The van der Waals surface area contributed by atoms with Crippen molar-refractivity contribution in [1.29, 1.82) is 0 Å². The van der Waals surface area contributed by atoms with E-state index < -0.39 is 0 Å². The minimum Gasteiger partial charge on any atom is -0.0845 e. The van der Waals surface area contributed by atoms with Crippen LogP contribution in [0.2, 0.25) is 0 Å². The lowest BCUT2D eigenvalue weighted by Crippen LogP contribution is -1.78. The molecule has 0 atom stereocenters. The molecule has 0 heterocycles. The maximum Gasteiger partial charge on any atom is -0.0348 e. The monoisotopic (exact) mass is 228 g/mol. The smallest absolute Gasteiger partial charge is 0.0348 e. The van der Waals surface area contributed by atoms with E-state index in [0.29, 0.717) is 0 Å². The third kappa shape index (κ3) is 9.62. The van der Waals surface area contributed by atoms with Crippen LogP contribution in [0.5, 0.6) is 0 Å². The minimum absolute atomic E-state index is 1.22. The first-order valence-corrected chi connectivity index (χ1v) is 6.82. The fraction of sp³-hybridized carbons (Fsp3) is 0.412. The zero-order chi connectivity index (χ0) is 12.0. The quantitative estimate of drug-likeness (QED) is 0.512. The van der Waals surface area contributed by atoms with Gasteiger partial charge in [0.25, 0.3) is 0 Å². The lowest BCUT2D eigenvalue weighted by atomic mass is 10.1. The highest BCUT2D eigenvalue weighted by molar-refractivity contribution is 5.17. The molecule has 0 nitrogen and oxygen atoms in total. The van der Waals surface area contributed by atoms with Crippen molar-refractivity contribution in [3.05, 3.63) is 60.8 Å². The van der Waals surface area contributed by atoms with Gasteiger partial charge in [0.15, 0.2) is 0 Å². The van der Waals surface area contributed by atoms with E-state index in [-0.39, 0.29) is 0 Å². The van der Waals surface area contributed by atoms with E-state index in [0.717, 1.165) is 0 Å². The number of rotatable bonds is 0. The van der Waals surface area contributed by atoms with Crippen LogP contribution in [0.1, 0.15) is 44.9 Å². The SMILES string of the molecule is C1=CC=CC=CCCCCCCCC=CC=C1. The van der Waals surface area contributed by atoms with E-state index in [1.54, 1.807) is 0 Å². The van der Waals surface area contributed by atoms with E-state index in [9.17, 15) is 0 Å². The van der Waals surface area contributed by atoms with E-state index in [1.165, 1.54) is 44.9 Å². The van der Waals surface area contributed by atoms with Crippen molar-refractivity contribution in [2.24, 2.45) is 0 Å². The molecule has 0 N–H and O–H groups in total. The summed E-state index contributed by atoms with van der Waals surface area (Å²) < 4.78 is 0. The molecular formula is C17H24. The maximum atomic E-state index is 2.26. The van der Waals surface area contributed by atoms with E-state index in [2.05, 4.69) is 60.8 Å². The molecule has 0 aromatic carbocycles. The maximum absolute atomic E-state index is 2.26. The predicted octanol–water partition coefficient (Wildman–Crippen LogP) is 5.51. The molecule has 0 unspecified atom stereocenters. The van der Waals surface area contributed by atoms with Crippen molar-refractivity contribution in [3.63, 3.8) is 0 Å². The molecule has 17 heavy (non-hydrogen) atoms. The average Bonchev–Trinajstić information content (AvgIpc) is 2.35. The molecule has 0 fully saturated rings. The summed E-state index contributed by atoms with van der Waals surface area (Å²) in [4.78, 5) is 0. The van der Waals surface area contributed by atoms with Gasteiger partial charge in [-0.25, -0.2) is 0 Å². The summed E-state index contributed by atoms with van der Waals surface area (Å²) in [5.74, 6) is 0. The molecule has 1 rings (SSSR count). The Hall–Kier alpha value is -1.30. The highest BCUT2D eigenvalue weighted by atomic mass is 13.9. The molecule has 0 heteroatoms. The van der Waals surface area contributed by atoms with Crippen molar-refractivity contribution in [3.8, 4) is 0 Å². The van der Waals surface area contributed by atoms with Gasteiger partial charge in [-0.1, -0.05) is 80.0 Å². The van der Waals surface area contributed by atoms with Crippen molar-refractivity contribution >= 4 is 0 Å². The Morgan fingerprint density at radius 2 is 0.706 bits per heavy atom. The van der Waals surface area contributed by atoms with Crippen LogP contribution in [0, 0.1) is 0 Å². The van der Waals surface area contributed by atoms with Crippen molar-refractivity contribution in [1.82, 2.24) is 0 Å². The minimum atomic E-state index is 1.22. The summed E-state index contributed by atoms with van der Waals surface area (Å²) in [5, 5.41) is 0. The van der Waals surface area contributed by atoms with Crippen LogP contribution in [0.25, 0.3) is 0 Å². The first-order chi connectivity index (χ1) is 8.50. The summed E-state index contributed by atoms with van der Waals surface area (Å²) >= 11 is 0. The molecule has 0 saturated carbocycles. The van der Waals surface area contributed by atoms with Crippen molar-refractivity contribution in [2.45, 2.75) is 44.9 Å². The van der Waals surface area contributed by atoms with E-state index >= 15 is 0 Å². The lowest BCUT2D eigenvalue weighted by molar-refractivity contribution is 0.622. The molecule has 0 bridgehead atoms. The molecule has 0 aliphatic heterocycles. The fourth-order valence-corrected chi connectivity index (χ4v) is 1.79. The highest BCUT2D eigenvalue weighted by Crippen LogP contribution is 2.08. The molecule has 1 aliphatic carbocycles. The van der Waals surface area contributed by atoms with Crippen LogP contribution in [0.3, 0.4) is 0 Å². The predicted molar refractivity (Wildman–Crippen MR) is 78.0 cm³/mol. The van der Waals surface area contributed by atoms with Gasteiger partial charge in [0.05, 0.1) is 0 Å². The van der Waals surface area contributed by atoms with Gasteiger partial charge >= 0.3 is 0 Å². The normalized spacial score (nSPS) is 19.3. The molecule has 0 spiro atoms. The molecule has 92 valence electrons. The second kappa shape index (κ2) is 11.2. The van der Waals surface area contributed by atoms with Gasteiger partial charge in [0, 0.05) is 0 Å². The van der Waals surface area contributed by atoms with Gasteiger partial charge in [-0.3, -0.25) is 0 Å². The molecule has 0 aromatic heterocycles. The largest absolute Gasteiger partial charge is 0.0845 e. The van der Waals surface area contributed by atoms with Crippen LogP contribution in [0.4, 0.5) is 0 Å². The van der Waals surface area contributed by atoms with E-state index in [1.807, 2.05) is 0 Å². The summed E-state index contributed by atoms with van der Waals surface area (Å²) in [5.41, 5.74) is 0. The Labute approximate surface area is 106 Å². The van der Waals surface area contributed by atoms with Crippen molar-refractivity contribution < 1.29 is 0 Å². The summed E-state index contributed by atoms with van der Waals surface area (Å²) in [6, 6.07) is 0. The van der Waals surface area contributed by atoms with Crippen LogP contribution in [-0.2, 0) is 0 Å². The summed E-state index contributed by atoms with van der Waals surface area (Å²) in [7, 11) is 0. The van der Waals surface area contributed by atoms with Gasteiger partial charge in [-0.15, -0.1) is 0 Å². The van der Waals surface area contributed by atoms with Crippen LogP contribution >= 0.6 is 0 Å². The molecule has 0 amide bonds. The summed E-state index contributed by atoms with van der Waals surface area (Å²) in [6.07, 6.45) is 30.5. The van der Waals surface area contributed by atoms with Gasteiger partial charge in [0.2, 0.25) is 0 Å². The van der Waals surface area contributed by atoms with Crippen LogP contribution < -0.4 is 0 Å². The lowest BCUT2D eigenvalue weighted by Gasteiger charge is -1.97.